The van der Waals surface area contributed by atoms with E-state index in [9.17, 15) is 25.1 Å². The Morgan fingerprint density at radius 2 is 1.66 bits per heavy atom. The van der Waals surface area contributed by atoms with Crippen molar-refractivity contribution in [2.45, 2.75) is 55.8 Å². The first-order valence-corrected chi connectivity index (χ1v) is 16.2. The lowest BCUT2D eigenvalue weighted by atomic mass is 10.00. The van der Waals surface area contributed by atoms with Crippen LogP contribution < -0.4 is 5.43 Å². The zero-order valence-corrected chi connectivity index (χ0v) is 28.3. The molecule has 0 unspecified atom stereocenters. The molecule has 1 aliphatic heterocycles. The number of pyridine rings is 1. The van der Waals surface area contributed by atoms with E-state index in [1.807, 2.05) is 0 Å². The molecule has 5 aromatic rings. The lowest BCUT2D eigenvalue weighted by Crippen LogP contribution is -2.48. The number of methoxy groups -OCH3 is 1. The molecule has 0 radical (unpaired) electrons. The van der Waals surface area contributed by atoms with Crippen molar-refractivity contribution in [1.82, 2.24) is 14.4 Å². The molecule has 2 heterocycles. The van der Waals surface area contributed by atoms with Crippen molar-refractivity contribution in [3.63, 3.8) is 0 Å². The van der Waals surface area contributed by atoms with Gasteiger partial charge in [0.05, 0.1) is 48.7 Å². The normalized spacial score (nSPS) is 21.5. The highest BCUT2D eigenvalue weighted by Gasteiger charge is 2.31. The van der Waals surface area contributed by atoms with Crippen LogP contribution in [0.15, 0.2) is 100 Å². The molecule has 6 nitrogen and oxygen atoms in total. The third-order valence-electron chi connectivity index (χ3n) is 7.66. The van der Waals surface area contributed by atoms with Gasteiger partial charge in [0.25, 0.3) is 0 Å². The lowest BCUT2D eigenvalue weighted by Gasteiger charge is -2.39. The number of piperidine rings is 1. The van der Waals surface area contributed by atoms with Gasteiger partial charge in [-0.15, -0.1) is 11.8 Å². The summed E-state index contributed by atoms with van der Waals surface area (Å²) in [6.07, 6.45) is -6.37. The number of benzene rings is 4. The molecule has 1 fully saturated rings. The quantitative estimate of drug-likeness (QED) is 0.0939. The van der Waals surface area contributed by atoms with Gasteiger partial charge in [-0.2, -0.15) is 13.2 Å². The molecule has 6 rings (SSSR count). The van der Waals surface area contributed by atoms with Gasteiger partial charge in [0.15, 0.2) is 17.1 Å². The molecular formula is C41H40F5N3O3S. The fourth-order valence-electron chi connectivity index (χ4n) is 5.08. The van der Waals surface area contributed by atoms with Gasteiger partial charge in [0.2, 0.25) is 5.91 Å². The van der Waals surface area contributed by atoms with Gasteiger partial charge in [-0.1, -0.05) is 59.9 Å². The Balaban J connectivity index is 1.65. The van der Waals surface area contributed by atoms with Crippen LogP contribution in [0.25, 0.3) is 22.0 Å². The van der Waals surface area contributed by atoms with Crippen molar-refractivity contribution in [2.75, 3.05) is 33.3 Å². The first-order valence-electron chi connectivity index (χ1n) is 26.9. The van der Waals surface area contributed by atoms with Crippen LogP contribution in [-0.2, 0) is 34.5 Å². The smallest absolute Gasteiger partial charge is 0.383 e. The predicted molar refractivity (Wildman–Crippen MR) is 198 cm³/mol. The van der Waals surface area contributed by atoms with Crippen LogP contribution in [0.5, 0.6) is 0 Å². The standard InChI is InChI=1S/C41H40F5N3O3S/c1-27-6-15-36-34(22-27)37(50)23-39(53-26-31-4-3-5-35(42)40(31)43)49(36)25-38(51)48(33-16-18-47(19-17-33)20-21-52-2)24-28-7-9-29(10-8-28)30-11-13-32(14-12-30)41(44,45)46/h3-15,22-23,33H,16-21,24-26H2,1-2H3/i3D,4D,5D,6D,7D,8D,9D,10D,11D,12D,13D,14D,15D,20D2,21D2,22D,23D,25D2,26D2. The molecule has 1 amide bonds. The number of fused-ring (bicyclic) bond motifs is 1. The average Bonchev–Trinajstić information content (AvgIpc) is 3.34. The molecule has 0 aliphatic carbocycles. The van der Waals surface area contributed by atoms with E-state index in [4.69, 9.17) is 33.5 Å². The number of likely N-dealkylation sites (tertiary alicyclic amines) is 1. The van der Waals surface area contributed by atoms with E-state index in [2.05, 4.69) is 0 Å². The summed E-state index contributed by atoms with van der Waals surface area (Å²) < 4.78 is 275. The molecule has 0 N–H and O–H groups in total. The maximum absolute atomic E-state index is 15.6. The Labute approximate surface area is 341 Å². The third-order valence-corrected chi connectivity index (χ3v) is 8.44. The first-order chi connectivity index (χ1) is 34.7. The van der Waals surface area contributed by atoms with Crippen molar-refractivity contribution in [1.29, 1.82) is 0 Å². The van der Waals surface area contributed by atoms with Gasteiger partial charge in [0.1, 0.15) is 6.50 Å². The largest absolute Gasteiger partial charge is 0.416 e. The van der Waals surface area contributed by atoms with E-state index >= 15 is 9.18 Å². The highest BCUT2D eigenvalue weighted by molar-refractivity contribution is 7.98. The Morgan fingerprint density at radius 1 is 0.981 bits per heavy atom. The second-order valence-corrected chi connectivity index (χ2v) is 12.0. The van der Waals surface area contributed by atoms with Crippen molar-refractivity contribution in [3.8, 4) is 11.1 Å². The van der Waals surface area contributed by atoms with E-state index < -0.39 is 239 Å². The molecule has 1 saturated heterocycles. The van der Waals surface area contributed by atoms with Gasteiger partial charge < -0.3 is 19.1 Å². The zero-order valence-electron chi connectivity index (χ0n) is 50.5. The van der Waals surface area contributed by atoms with Crippen molar-refractivity contribution >= 4 is 28.6 Å². The van der Waals surface area contributed by atoms with E-state index in [1.165, 1.54) is 0 Å². The topological polar surface area (TPSA) is 54.8 Å². The van der Waals surface area contributed by atoms with Gasteiger partial charge in [0, 0.05) is 67.5 Å². The summed E-state index contributed by atoms with van der Waals surface area (Å²) in [5.41, 5.74) is -13.4. The number of carbonyl (C=O) groups excluding carboxylic acids is 1. The summed E-state index contributed by atoms with van der Waals surface area (Å²) in [6.45, 7) is -11.0. The van der Waals surface area contributed by atoms with Gasteiger partial charge in [-0.3, -0.25) is 9.59 Å². The van der Waals surface area contributed by atoms with Crippen LogP contribution in [0, 0.1) is 18.6 Å². The highest BCUT2D eigenvalue weighted by atomic mass is 32.2. The minimum absolute atomic E-state index is 0.0200. The predicted octanol–water partition coefficient (Wildman–Crippen LogP) is 8.71. The summed E-state index contributed by atoms with van der Waals surface area (Å²) in [7, 11) is 0.875. The summed E-state index contributed by atoms with van der Waals surface area (Å²) in [4.78, 5) is 31.1. The van der Waals surface area contributed by atoms with Crippen LogP contribution in [0.1, 0.15) is 66.6 Å². The lowest BCUT2D eigenvalue weighted by molar-refractivity contribution is -0.137. The van der Waals surface area contributed by atoms with Crippen molar-refractivity contribution in [2.24, 2.45) is 0 Å². The SMILES string of the molecule is [2H]c1c([2H])c(F)c(F)c(C([2H])([2H])Sc2c([2H])c(=O)c3c([2H])c(C)c([2H])c([2H])c3n2C([2H])([2H])C(=O)N(Cc2c([2H])c([2H])c(-c3c([2H])c([2H])c(C(F)(F)F)c([2H])c3[2H])c([2H])c2[2H])C2CCN(C([2H])([2H])C([2H])([2H])OC)CC2)c1[2H]. The summed E-state index contributed by atoms with van der Waals surface area (Å²) in [5.74, 6) is -6.23. The molecule has 0 spiro atoms. The second-order valence-electron chi connectivity index (χ2n) is 11.2. The zero-order chi connectivity index (χ0) is 57.9. The molecule has 0 saturated carbocycles. The fourth-order valence-corrected chi connectivity index (χ4v) is 5.79. The van der Waals surface area contributed by atoms with E-state index in [-0.39, 0.29) is 10.1 Å². The third kappa shape index (κ3) is 9.17. The van der Waals surface area contributed by atoms with E-state index in [1.54, 1.807) is 0 Å². The average molecular weight is 773 g/mol. The first kappa shape index (κ1) is 18.7. The van der Waals surface area contributed by atoms with Crippen LogP contribution in [0.2, 0.25) is 0 Å². The summed E-state index contributed by atoms with van der Waals surface area (Å²) >= 11 is -0.529. The minimum atomic E-state index is -5.43. The maximum Gasteiger partial charge on any atom is 0.416 e. The van der Waals surface area contributed by atoms with Crippen molar-refractivity contribution in [3.05, 3.63) is 135 Å². The molecular weight excluding hydrogens is 710 g/mol. The summed E-state index contributed by atoms with van der Waals surface area (Å²) in [6, 6.07) is -21.0. The molecule has 53 heavy (non-hydrogen) atoms. The molecule has 1 aromatic heterocycles. The van der Waals surface area contributed by atoms with Crippen molar-refractivity contribution < 1.29 is 63.0 Å². The van der Waals surface area contributed by atoms with Crippen LogP contribution in [0.3, 0.4) is 0 Å². The van der Waals surface area contributed by atoms with E-state index in [0.29, 0.717) is 4.90 Å². The van der Waals surface area contributed by atoms with Gasteiger partial charge in [-0.25, -0.2) is 8.78 Å². The number of nitrogens with zero attached hydrogens (tertiary/aromatic N) is 3. The Kier molecular flexibility index (Phi) is 5.87. The van der Waals surface area contributed by atoms with Gasteiger partial charge >= 0.3 is 6.18 Å². The molecule has 4 aromatic carbocycles. The number of amides is 1. The fraction of sp³-hybridized carbons (Fsp3) is 0.317. The molecule has 12 heteroatoms. The number of alkyl halides is 3. The molecule has 0 bridgehead atoms. The number of ether oxygens (including phenoxy) is 1. The highest BCUT2D eigenvalue weighted by Crippen LogP contribution is 2.32. The van der Waals surface area contributed by atoms with E-state index in [0.717, 1.165) is 18.9 Å². The van der Waals surface area contributed by atoms with Gasteiger partial charge in [-0.05, 0) is 66.7 Å². The molecule has 1 aliphatic rings. The number of hydrogen-bond acceptors (Lipinski definition) is 5. The number of aromatic nitrogens is 1. The second kappa shape index (κ2) is 16.7. The number of halogens is 5. The Hall–Kier alpha value is -4.52. The van der Waals surface area contributed by atoms with Crippen LogP contribution >= 0.6 is 11.8 Å². The number of thioether (sulfide) groups is 1. The minimum Gasteiger partial charge on any atom is -0.383 e. The number of rotatable bonds is 12. The monoisotopic (exact) mass is 772 g/mol. The molecule has 0 atom stereocenters. The van der Waals surface area contributed by atoms with Crippen LogP contribution in [-0.4, -0.2) is 59.6 Å². The Morgan fingerprint density at radius 3 is 2.32 bits per heavy atom. The molecule has 278 valence electrons. The maximum atomic E-state index is 15.6. The summed E-state index contributed by atoms with van der Waals surface area (Å²) in [5, 5.41) is -2.36. The number of carbonyl (C=O) groups is 1. The van der Waals surface area contributed by atoms with Crippen LogP contribution in [0.4, 0.5) is 22.0 Å². The Bertz CT molecular complexity index is 3250. The number of hydrogen-bond donors (Lipinski definition) is 0.